The molecule has 3 heterocycles. The molecule has 4 aromatic rings. The van der Waals surface area contributed by atoms with Crippen molar-refractivity contribution in [2.45, 2.75) is 36.1 Å². The molecule has 3 aromatic carbocycles. The highest BCUT2D eigenvalue weighted by Crippen LogP contribution is 2.69. The van der Waals surface area contributed by atoms with Gasteiger partial charge in [-0.15, -0.1) is 11.8 Å². The molecule has 3 fully saturated rings. The predicted octanol–water partition coefficient (Wildman–Crippen LogP) is 6.60. The van der Waals surface area contributed by atoms with Gasteiger partial charge in [0.1, 0.15) is 0 Å². The predicted molar refractivity (Wildman–Crippen MR) is 163 cm³/mol. The molecule has 8 heteroatoms. The lowest BCUT2D eigenvalue weighted by molar-refractivity contribution is -0.123. The lowest BCUT2D eigenvalue weighted by atomic mass is 9.68. The zero-order valence-corrected chi connectivity index (χ0v) is 24.7. The molecule has 5 nitrogen and oxygen atoms in total. The Morgan fingerprint density at radius 2 is 1.54 bits per heavy atom. The minimum Gasteiger partial charge on any atom is -0.289 e. The number of thiazole rings is 1. The molecule has 206 valence electrons. The van der Waals surface area contributed by atoms with E-state index >= 15 is 0 Å². The first-order chi connectivity index (χ1) is 19.9. The maximum absolute atomic E-state index is 14.0. The largest absolute Gasteiger partial charge is 0.308 e. The first-order valence-corrected chi connectivity index (χ1v) is 16.1. The summed E-state index contributed by atoms with van der Waals surface area (Å²) in [5.41, 5.74) is 3.96. The number of anilines is 1. The monoisotopic (exact) mass is 598 g/mol. The van der Waals surface area contributed by atoms with E-state index in [1.165, 1.54) is 16.2 Å². The number of halogens is 1. The molecule has 1 aromatic heterocycles. The number of hydrogen-bond donors (Lipinski definition) is 0. The van der Waals surface area contributed by atoms with Crippen LogP contribution in [0.15, 0.2) is 88.7 Å². The van der Waals surface area contributed by atoms with Gasteiger partial charge in [0, 0.05) is 21.1 Å². The van der Waals surface area contributed by atoms with Crippen molar-refractivity contribution in [1.82, 2.24) is 4.57 Å². The topological polar surface area (TPSA) is 59.4 Å². The number of thioether (sulfide) groups is 1. The van der Waals surface area contributed by atoms with Crippen LogP contribution in [0.1, 0.15) is 33.9 Å². The van der Waals surface area contributed by atoms with Gasteiger partial charge in [-0.2, -0.15) is 0 Å². The third-order valence-electron chi connectivity index (χ3n) is 9.65. The summed E-state index contributed by atoms with van der Waals surface area (Å²) in [4.78, 5) is 44.0. The van der Waals surface area contributed by atoms with Crippen LogP contribution in [0.25, 0.3) is 0 Å². The minimum atomic E-state index is -0.310. The van der Waals surface area contributed by atoms with Gasteiger partial charge in [0.05, 0.1) is 29.1 Å². The van der Waals surface area contributed by atoms with Crippen molar-refractivity contribution in [2.75, 3.05) is 4.90 Å². The van der Waals surface area contributed by atoms with Crippen LogP contribution in [0.2, 0.25) is 5.02 Å². The zero-order chi connectivity index (χ0) is 28.0. The second-order valence-corrected chi connectivity index (χ2v) is 14.4. The molecule has 0 N–H and O–H groups in total. The number of aromatic nitrogens is 1. The van der Waals surface area contributed by atoms with Crippen molar-refractivity contribution in [3.8, 4) is 0 Å². The Kier molecular flexibility index (Phi) is 5.89. The van der Waals surface area contributed by atoms with Crippen LogP contribution in [-0.2, 0) is 16.1 Å². The molecule has 2 saturated carbocycles. The molecule has 4 aliphatic rings. The summed E-state index contributed by atoms with van der Waals surface area (Å²) in [6.45, 7) is 2.52. The fourth-order valence-electron chi connectivity index (χ4n) is 8.01. The van der Waals surface area contributed by atoms with E-state index in [4.69, 9.17) is 11.6 Å². The number of rotatable bonds is 4. The van der Waals surface area contributed by atoms with Gasteiger partial charge in [0.2, 0.25) is 11.8 Å². The summed E-state index contributed by atoms with van der Waals surface area (Å²) >= 11 is 9.41. The van der Waals surface area contributed by atoms with Gasteiger partial charge in [0.15, 0.2) is 0 Å². The van der Waals surface area contributed by atoms with E-state index in [-0.39, 0.29) is 57.4 Å². The van der Waals surface area contributed by atoms with E-state index in [1.807, 2.05) is 78.2 Å². The average Bonchev–Trinajstić information content (AvgIpc) is 3.69. The summed E-state index contributed by atoms with van der Waals surface area (Å²) in [6.07, 6.45) is 0.874. The molecule has 2 bridgehead atoms. The Hall–Kier alpha value is -3.13. The van der Waals surface area contributed by atoms with Crippen molar-refractivity contribution < 1.29 is 9.59 Å². The molecule has 0 spiro atoms. The lowest BCUT2D eigenvalue weighted by Crippen LogP contribution is -2.43. The summed E-state index contributed by atoms with van der Waals surface area (Å²) in [6, 6.07) is 25.7. The van der Waals surface area contributed by atoms with Crippen molar-refractivity contribution in [3.05, 3.63) is 115 Å². The van der Waals surface area contributed by atoms with Gasteiger partial charge in [-0.3, -0.25) is 23.9 Å². The Morgan fingerprint density at radius 1 is 0.854 bits per heavy atom. The van der Waals surface area contributed by atoms with E-state index in [1.54, 1.807) is 11.8 Å². The highest BCUT2D eigenvalue weighted by Gasteiger charge is 2.69. The number of carbonyl (C=O) groups is 2. The molecule has 0 unspecified atom stereocenters. The number of fused-ring (bicyclic) bond motifs is 9. The van der Waals surface area contributed by atoms with Crippen LogP contribution in [-0.4, -0.2) is 21.6 Å². The Morgan fingerprint density at radius 3 is 2.24 bits per heavy atom. The standard InChI is InChI=1S/C33H27ClN2O3S2/c1-17-7-13-21(14-8-17)36-30(37)26-22-15-23(27(26)31(36)38)28-25(22)24(19-9-11-20(34)12-10-19)29-32(40-28)35(33(39)41-29)16-18-5-3-2-4-6-18/h2-14,22-28H,15-16H2,1H3/t22-,23-,24-,25-,26+,27-,28+/m1/s1. The van der Waals surface area contributed by atoms with E-state index in [0.29, 0.717) is 17.3 Å². The number of hydrogen-bond acceptors (Lipinski definition) is 5. The lowest BCUT2D eigenvalue weighted by Gasteiger charge is -2.43. The molecule has 41 heavy (non-hydrogen) atoms. The van der Waals surface area contributed by atoms with E-state index in [9.17, 15) is 14.4 Å². The number of amides is 2. The van der Waals surface area contributed by atoms with Crippen LogP contribution in [0, 0.1) is 36.5 Å². The van der Waals surface area contributed by atoms with Gasteiger partial charge in [0.25, 0.3) is 0 Å². The SMILES string of the molecule is Cc1ccc(N2C(=O)[C@@H]3[C@H]4C[C@@H]([C@@H]3C2=O)[C@@H]2[C@@H](c3ccc(Cl)cc3)c3sc(=O)n(Cc5ccccc5)c3S[C@@H]42)cc1. The Labute approximate surface area is 251 Å². The molecule has 0 radical (unpaired) electrons. The van der Waals surface area contributed by atoms with Crippen LogP contribution < -0.4 is 9.77 Å². The highest BCUT2D eigenvalue weighted by atomic mass is 35.5. The highest BCUT2D eigenvalue weighted by molar-refractivity contribution is 8.00. The van der Waals surface area contributed by atoms with Gasteiger partial charge < -0.3 is 0 Å². The Balaban J connectivity index is 1.23. The molecular formula is C33H27ClN2O3S2. The molecule has 8 rings (SSSR count). The van der Waals surface area contributed by atoms with Gasteiger partial charge >= 0.3 is 4.87 Å². The van der Waals surface area contributed by atoms with E-state index < -0.39 is 0 Å². The van der Waals surface area contributed by atoms with Gasteiger partial charge in [-0.25, -0.2) is 0 Å². The van der Waals surface area contributed by atoms with Crippen molar-refractivity contribution >= 4 is 52.2 Å². The number of aryl methyl sites for hydroxylation is 1. The third-order valence-corrected chi connectivity index (χ3v) is 12.7. The van der Waals surface area contributed by atoms with E-state index in [2.05, 4.69) is 12.1 Å². The molecule has 2 aliphatic carbocycles. The van der Waals surface area contributed by atoms with Crippen molar-refractivity contribution in [2.24, 2.45) is 29.6 Å². The number of imide groups is 1. The van der Waals surface area contributed by atoms with Crippen LogP contribution >= 0.6 is 34.7 Å². The average molecular weight is 599 g/mol. The van der Waals surface area contributed by atoms with Crippen LogP contribution in [0.3, 0.4) is 0 Å². The number of carbonyl (C=O) groups excluding carboxylic acids is 2. The summed E-state index contributed by atoms with van der Waals surface area (Å²) in [5, 5.41) is 1.84. The normalized spacial score (nSPS) is 29.5. The number of nitrogens with zero attached hydrogens (tertiary/aromatic N) is 2. The maximum atomic E-state index is 14.0. The Bertz CT molecular complexity index is 1750. The van der Waals surface area contributed by atoms with Crippen LogP contribution in [0.4, 0.5) is 5.69 Å². The molecule has 7 atom stereocenters. The number of benzene rings is 3. The summed E-state index contributed by atoms with van der Waals surface area (Å²) in [7, 11) is 0. The second kappa shape index (κ2) is 9.45. The third kappa shape index (κ3) is 3.78. The fourth-order valence-corrected chi connectivity index (χ4v) is 11.3. The quantitative estimate of drug-likeness (QED) is 0.248. The molecule has 1 saturated heterocycles. The summed E-state index contributed by atoms with van der Waals surface area (Å²) < 4.78 is 1.92. The molecule has 2 amide bonds. The first kappa shape index (κ1) is 25.6. The van der Waals surface area contributed by atoms with Crippen LogP contribution in [0.5, 0.6) is 0 Å². The first-order valence-electron chi connectivity index (χ1n) is 14.0. The molecule has 2 aliphatic heterocycles. The second-order valence-electron chi connectivity index (χ2n) is 11.8. The van der Waals surface area contributed by atoms with Gasteiger partial charge in [-0.05, 0) is 66.5 Å². The van der Waals surface area contributed by atoms with E-state index in [0.717, 1.165) is 33.0 Å². The van der Waals surface area contributed by atoms with Crippen molar-refractivity contribution in [3.63, 3.8) is 0 Å². The van der Waals surface area contributed by atoms with Gasteiger partial charge in [-0.1, -0.05) is 83.1 Å². The smallest absolute Gasteiger partial charge is 0.289 e. The maximum Gasteiger partial charge on any atom is 0.308 e. The zero-order valence-electron chi connectivity index (χ0n) is 22.3. The minimum absolute atomic E-state index is 0.0180. The molecular weight excluding hydrogens is 572 g/mol. The summed E-state index contributed by atoms with van der Waals surface area (Å²) in [5.74, 6) is -0.407. The van der Waals surface area contributed by atoms with Crippen molar-refractivity contribution in [1.29, 1.82) is 0 Å². The fraction of sp³-hybridized carbons (Fsp3) is 0.303.